The van der Waals surface area contributed by atoms with Crippen LogP contribution >= 0.6 is 11.3 Å². The Labute approximate surface area is 156 Å². The van der Waals surface area contributed by atoms with Gasteiger partial charge >= 0.3 is 0 Å². The molecule has 8 heteroatoms. The van der Waals surface area contributed by atoms with E-state index < -0.39 is 0 Å². The highest BCUT2D eigenvalue weighted by Crippen LogP contribution is 2.33. The molecule has 0 radical (unpaired) electrons. The molecule has 0 aromatic carbocycles. The summed E-state index contributed by atoms with van der Waals surface area (Å²) in [6.07, 6.45) is 4.30. The number of aromatic nitrogens is 2. The Balaban J connectivity index is 1.32. The molecule has 1 atom stereocenters. The molecule has 0 unspecified atom stereocenters. The van der Waals surface area contributed by atoms with Gasteiger partial charge in [-0.15, -0.1) is 11.3 Å². The Bertz CT molecular complexity index is 780. The highest BCUT2D eigenvalue weighted by Gasteiger charge is 2.44. The van der Waals surface area contributed by atoms with Gasteiger partial charge in [-0.2, -0.15) is 0 Å². The summed E-state index contributed by atoms with van der Waals surface area (Å²) < 4.78 is 0. The first-order valence-electron chi connectivity index (χ1n) is 8.75. The summed E-state index contributed by atoms with van der Waals surface area (Å²) in [5, 5.41) is 8.89. The maximum absolute atomic E-state index is 12.4. The summed E-state index contributed by atoms with van der Waals surface area (Å²) in [6, 6.07) is 5.96. The lowest BCUT2D eigenvalue weighted by Crippen LogP contribution is -2.48. The third-order valence-corrected chi connectivity index (χ3v) is 5.38. The van der Waals surface area contributed by atoms with Gasteiger partial charge in [0, 0.05) is 31.1 Å². The quantitative estimate of drug-likeness (QED) is 0.869. The molecule has 1 fully saturated rings. The van der Waals surface area contributed by atoms with Gasteiger partial charge in [0.1, 0.15) is 5.71 Å². The predicted molar refractivity (Wildman–Crippen MR) is 98.6 cm³/mol. The smallest absolute Gasteiger partial charge is 0.269 e. The van der Waals surface area contributed by atoms with Gasteiger partial charge in [-0.1, -0.05) is 11.2 Å². The minimum absolute atomic E-state index is 0.170. The molecule has 2 aliphatic heterocycles. The fourth-order valence-electron chi connectivity index (χ4n) is 3.51. The van der Waals surface area contributed by atoms with Gasteiger partial charge in [0.2, 0.25) is 0 Å². The van der Waals surface area contributed by atoms with Crippen LogP contribution in [0.25, 0.3) is 0 Å². The number of carbonyl (C=O) groups is 1. The molecule has 1 N–H and O–H groups in total. The van der Waals surface area contributed by atoms with E-state index in [-0.39, 0.29) is 11.5 Å². The van der Waals surface area contributed by atoms with Crippen molar-refractivity contribution in [1.82, 2.24) is 20.2 Å². The lowest BCUT2D eigenvalue weighted by atomic mass is 9.88. The minimum Gasteiger partial charge on any atom is -0.387 e. The lowest BCUT2D eigenvalue weighted by molar-refractivity contribution is -0.115. The van der Waals surface area contributed by atoms with Crippen molar-refractivity contribution in [3.63, 3.8) is 0 Å². The Kier molecular flexibility index (Phi) is 4.94. The Morgan fingerprint density at radius 2 is 2.31 bits per heavy atom. The number of hydrogen-bond donors (Lipinski definition) is 1. The SMILES string of the molecule is O=C(NCc1cscn1)C1=NO[C@]2(CCCN(Cc3ccccn3)C2)C1. The van der Waals surface area contributed by atoms with E-state index in [0.29, 0.717) is 18.7 Å². The fraction of sp³-hybridized carbons (Fsp3) is 0.444. The highest BCUT2D eigenvalue weighted by atomic mass is 32.1. The normalized spacial score (nSPS) is 22.8. The Hall–Kier alpha value is -2.32. The van der Waals surface area contributed by atoms with Gasteiger partial charge in [-0.3, -0.25) is 14.7 Å². The molecule has 1 amide bonds. The zero-order valence-electron chi connectivity index (χ0n) is 14.4. The van der Waals surface area contributed by atoms with Crippen molar-refractivity contribution in [2.75, 3.05) is 13.1 Å². The summed E-state index contributed by atoms with van der Waals surface area (Å²) in [4.78, 5) is 29.0. The molecular weight excluding hydrogens is 350 g/mol. The molecule has 136 valence electrons. The number of carbonyl (C=O) groups excluding carboxylic acids is 1. The molecule has 2 aromatic heterocycles. The predicted octanol–water partition coefficient (Wildman–Crippen LogP) is 1.97. The summed E-state index contributed by atoms with van der Waals surface area (Å²) in [5.74, 6) is -0.170. The average molecular weight is 371 g/mol. The van der Waals surface area contributed by atoms with E-state index in [4.69, 9.17) is 4.84 Å². The van der Waals surface area contributed by atoms with Crippen LogP contribution in [0.3, 0.4) is 0 Å². The van der Waals surface area contributed by atoms with E-state index in [1.165, 1.54) is 11.3 Å². The third-order valence-electron chi connectivity index (χ3n) is 4.74. The summed E-state index contributed by atoms with van der Waals surface area (Å²) in [6.45, 7) is 2.97. The second-order valence-electron chi connectivity index (χ2n) is 6.79. The van der Waals surface area contributed by atoms with Gasteiger partial charge in [-0.25, -0.2) is 4.98 Å². The van der Waals surface area contributed by atoms with E-state index in [9.17, 15) is 4.79 Å². The van der Waals surface area contributed by atoms with E-state index in [0.717, 1.165) is 43.9 Å². The van der Waals surface area contributed by atoms with Crippen LogP contribution in [0.4, 0.5) is 0 Å². The van der Waals surface area contributed by atoms with Crippen LogP contribution in [0.1, 0.15) is 30.7 Å². The molecule has 0 bridgehead atoms. The second kappa shape index (κ2) is 7.51. The number of likely N-dealkylation sites (tertiary alicyclic amines) is 1. The Morgan fingerprint density at radius 3 is 3.12 bits per heavy atom. The zero-order valence-corrected chi connectivity index (χ0v) is 15.2. The zero-order chi connectivity index (χ0) is 17.8. The first-order valence-corrected chi connectivity index (χ1v) is 9.69. The van der Waals surface area contributed by atoms with Gasteiger partial charge in [0.05, 0.1) is 23.4 Å². The first-order chi connectivity index (χ1) is 12.7. The molecule has 7 nitrogen and oxygen atoms in total. The van der Waals surface area contributed by atoms with Crippen LogP contribution in [0.5, 0.6) is 0 Å². The van der Waals surface area contributed by atoms with Crippen molar-refractivity contribution in [2.24, 2.45) is 5.16 Å². The number of oxime groups is 1. The second-order valence-corrected chi connectivity index (χ2v) is 7.51. The van der Waals surface area contributed by atoms with E-state index >= 15 is 0 Å². The third kappa shape index (κ3) is 3.91. The number of hydrogen-bond acceptors (Lipinski definition) is 7. The number of nitrogens with one attached hydrogen (secondary N) is 1. The first kappa shape index (κ1) is 17.1. The van der Waals surface area contributed by atoms with Crippen molar-refractivity contribution in [3.8, 4) is 0 Å². The number of pyridine rings is 1. The van der Waals surface area contributed by atoms with Crippen molar-refractivity contribution in [2.45, 2.75) is 38.0 Å². The Morgan fingerprint density at radius 1 is 1.35 bits per heavy atom. The largest absolute Gasteiger partial charge is 0.387 e. The van der Waals surface area contributed by atoms with E-state index in [2.05, 4.69) is 25.3 Å². The standard InChI is InChI=1S/C18H21N5O2S/c24-17(20-9-15-11-26-13-21-15)16-8-18(25-22-16)5-3-7-23(12-18)10-14-4-1-2-6-19-14/h1-2,4,6,11,13H,3,5,7-10,12H2,(H,20,24)/t18-/m1/s1. The molecule has 1 saturated heterocycles. The monoisotopic (exact) mass is 371 g/mol. The van der Waals surface area contributed by atoms with Gasteiger partial charge in [0.15, 0.2) is 5.60 Å². The minimum atomic E-state index is -0.389. The van der Waals surface area contributed by atoms with Crippen molar-refractivity contribution in [1.29, 1.82) is 0 Å². The highest BCUT2D eigenvalue weighted by molar-refractivity contribution is 7.07. The maximum Gasteiger partial charge on any atom is 0.269 e. The molecule has 2 aromatic rings. The van der Waals surface area contributed by atoms with Gasteiger partial charge in [-0.05, 0) is 31.5 Å². The fourth-order valence-corrected chi connectivity index (χ4v) is 4.06. The maximum atomic E-state index is 12.4. The summed E-state index contributed by atoms with van der Waals surface area (Å²) in [7, 11) is 0. The van der Waals surface area contributed by atoms with Gasteiger partial charge in [0.25, 0.3) is 5.91 Å². The topological polar surface area (TPSA) is 79.7 Å². The van der Waals surface area contributed by atoms with Crippen LogP contribution in [0.2, 0.25) is 0 Å². The summed E-state index contributed by atoms with van der Waals surface area (Å²) in [5.41, 5.74) is 3.74. The average Bonchev–Trinajstić information content (AvgIpc) is 3.31. The molecule has 0 aliphatic carbocycles. The van der Waals surface area contributed by atoms with Crippen LogP contribution in [0, 0.1) is 0 Å². The molecule has 26 heavy (non-hydrogen) atoms. The van der Waals surface area contributed by atoms with Crippen molar-refractivity contribution >= 4 is 23.0 Å². The van der Waals surface area contributed by atoms with Gasteiger partial charge < -0.3 is 10.2 Å². The summed E-state index contributed by atoms with van der Waals surface area (Å²) >= 11 is 1.51. The molecule has 4 heterocycles. The number of nitrogens with zero attached hydrogens (tertiary/aromatic N) is 4. The van der Waals surface area contributed by atoms with Crippen LogP contribution in [0.15, 0.2) is 40.4 Å². The lowest BCUT2D eigenvalue weighted by Gasteiger charge is -2.38. The van der Waals surface area contributed by atoms with E-state index in [1.54, 1.807) is 5.51 Å². The van der Waals surface area contributed by atoms with E-state index in [1.807, 2.05) is 29.8 Å². The van der Waals surface area contributed by atoms with Crippen LogP contribution < -0.4 is 5.32 Å². The van der Waals surface area contributed by atoms with Crippen LogP contribution in [-0.2, 0) is 22.7 Å². The number of amides is 1. The number of thiazole rings is 1. The molecule has 2 aliphatic rings. The molecule has 4 rings (SSSR count). The number of rotatable bonds is 5. The van der Waals surface area contributed by atoms with Crippen molar-refractivity contribution in [3.05, 3.63) is 46.7 Å². The molecule has 0 saturated carbocycles. The number of piperidine rings is 1. The van der Waals surface area contributed by atoms with Crippen LogP contribution in [-0.4, -0.2) is 45.2 Å². The molecule has 1 spiro atoms. The van der Waals surface area contributed by atoms with Crippen molar-refractivity contribution < 1.29 is 9.63 Å². The molecular formula is C18H21N5O2S.